The molecule has 0 bridgehead atoms. The van der Waals surface area contributed by atoms with Crippen LogP contribution in [0.2, 0.25) is 0 Å². The van der Waals surface area contributed by atoms with Gasteiger partial charge >= 0.3 is 0 Å². The standard InChI is InChI=1S/C13H15Br2N5S/c14-8-4-10(21-11(8)15)12-17-13(19-18-12)20-3-1-2-7-5-16-6-9(7)20/h4,7,9,16H,1-3,5-6H2,(H,17,18,19). The summed E-state index contributed by atoms with van der Waals surface area (Å²) in [6.45, 7) is 3.23. The van der Waals surface area contributed by atoms with Crippen molar-refractivity contribution in [2.45, 2.75) is 18.9 Å². The zero-order chi connectivity index (χ0) is 14.4. The third-order valence-corrected chi connectivity index (χ3v) is 7.55. The number of rotatable bonds is 2. The maximum atomic E-state index is 4.72. The van der Waals surface area contributed by atoms with Crippen LogP contribution in [0.15, 0.2) is 14.3 Å². The van der Waals surface area contributed by atoms with Crippen molar-refractivity contribution >= 4 is 49.1 Å². The fourth-order valence-electron chi connectivity index (χ4n) is 3.27. The number of aromatic amines is 1. The van der Waals surface area contributed by atoms with E-state index in [-0.39, 0.29) is 0 Å². The van der Waals surface area contributed by atoms with Gasteiger partial charge in [0.2, 0.25) is 5.95 Å². The van der Waals surface area contributed by atoms with Crippen LogP contribution in [0.3, 0.4) is 0 Å². The lowest BCUT2D eigenvalue weighted by Crippen LogP contribution is -2.45. The van der Waals surface area contributed by atoms with Gasteiger partial charge in [0.05, 0.1) is 8.66 Å². The molecular formula is C13H15Br2N5S. The predicted molar refractivity (Wildman–Crippen MR) is 91.8 cm³/mol. The number of nitrogens with zero attached hydrogens (tertiary/aromatic N) is 3. The Balaban J connectivity index is 1.61. The van der Waals surface area contributed by atoms with Crippen LogP contribution in [0, 0.1) is 5.92 Å². The van der Waals surface area contributed by atoms with Crippen LogP contribution in [-0.2, 0) is 0 Å². The number of hydrogen-bond acceptors (Lipinski definition) is 5. The number of piperidine rings is 1. The van der Waals surface area contributed by atoms with E-state index < -0.39 is 0 Å². The fourth-order valence-corrected chi connectivity index (χ4v) is 5.25. The summed E-state index contributed by atoms with van der Waals surface area (Å²) in [4.78, 5) is 8.17. The van der Waals surface area contributed by atoms with Gasteiger partial charge in [0.15, 0.2) is 5.82 Å². The summed E-state index contributed by atoms with van der Waals surface area (Å²) in [5, 5.41) is 11.0. The number of thiophene rings is 1. The first-order chi connectivity index (χ1) is 10.2. The van der Waals surface area contributed by atoms with Crippen molar-refractivity contribution in [2.24, 2.45) is 5.92 Å². The van der Waals surface area contributed by atoms with E-state index in [1.54, 1.807) is 11.3 Å². The highest BCUT2D eigenvalue weighted by Gasteiger charge is 2.36. The van der Waals surface area contributed by atoms with Crippen LogP contribution in [0.4, 0.5) is 5.95 Å². The molecule has 4 heterocycles. The topological polar surface area (TPSA) is 56.8 Å². The minimum atomic E-state index is 0.546. The molecule has 2 fully saturated rings. The Morgan fingerprint density at radius 3 is 3.05 bits per heavy atom. The second-order valence-corrected chi connectivity index (χ2v) is 8.76. The highest BCUT2D eigenvalue weighted by Crippen LogP contribution is 2.37. The molecule has 0 aliphatic carbocycles. The second kappa shape index (κ2) is 5.64. The molecule has 2 aromatic heterocycles. The molecule has 2 aromatic rings. The lowest BCUT2D eigenvalue weighted by atomic mass is 9.92. The largest absolute Gasteiger partial charge is 0.335 e. The van der Waals surface area contributed by atoms with Crippen molar-refractivity contribution in [1.29, 1.82) is 0 Å². The highest BCUT2D eigenvalue weighted by molar-refractivity contribution is 9.13. The first kappa shape index (κ1) is 14.2. The molecule has 2 N–H and O–H groups in total. The van der Waals surface area contributed by atoms with Crippen molar-refractivity contribution < 1.29 is 0 Å². The monoisotopic (exact) mass is 431 g/mol. The Kier molecular flexibility index (Phi) is 3.81. The average Bonchev–Trinajstić information content (AvgIpc) is 3.19. The third kappa shape index (κ3) is 2.56. The zero-order valence-electron chi connectivity index (χ0n) is 11.3. The molecule has 5 nitrogen and oxygen atoms in total. The molecule has 0 spiro atoms. The number of halogens is 2. The van der Waals surface area contributed by atoms with Crippen LogP contribution < -0.4 is 10.2 Å². The molecule has 0 radical (unpaired) electrons. The maximum Gasteiger partial charge on any atom is 0.245 e. The molecule has 2 aliphatic heterocycles. The number of fused-ring (bicyclic) bond motifs is 1. The molecule has 2 atom stereocenters. The van der Waals surface area contributed by atoms with E-state index >= 15 is 0 Å². The molecule has 112 valence electrons. The number of hydrogen-bond donors (Lipinski definition) is 2. The SMILES string of the molecule is Brc1cc(-c2nc(N3CCCC4CNCC43)n[nH]2)sc1Br. The molecule has 4 rings (SSSR count). The van der Waals surface area contributed by atoms with Gasteiger partial charge in [-0.05, 0) is 56.7 Å². The third-order valence-electron chi connectivity index (χ3n) is 4.29. The number of aromatic nitrogens is 3. The van der Waals surface area contributed by atoms with E-state index in [1.165, 1.54) is 12.8 Å². The number of anilines is 1. The Hall–Kier alpha value is -0.440. The van der Waals surface area contributed by atoms with Gasteiger partial charge < -0.3 is 10.2 Å². The summed E-state index contributed by atoms with van der Waals surface area (Å²) in [5.41, 5.74) is 0. The van der Waals surface area contributed by atoms with Crippen molar-refractivity contribution in [3.05, 3.63) is 14.3 Å². The summed E-state index contributed by atoms with van der Waals surface area (Å²) in [5.74, 6) is 2.42. The molecular weight excluding hydrogens is 418 g/mol. The smallest absolute Gasteiger partial charge is 0.245 e. The summed E-state index contributed by atoms with van der Waals surface area (Å²) in [6.07, 6.45) is 2.54. The predicted octanol–water partition coefficient (Wildman–Crippen LogP) is 3.25. The molecule has 2 unspecified atom stereocenters. The number of H-pyrrole nitrogens is 1. The molecule has 0 amide bonds. The summed E-state index contributed by atoms with van der Waals surface area (Å²) in [6, 6.07) is 2.61. The van der Waals surface area contributed by atoms with E-state index in [2.05, 4.69) is 58.3 Å². The van der Waals surface area contributed by atoms with Crippen molar-refractivity contribution in [3.8, 4) is 10.7 Å². The van der Waals surface area contributed by atoms with E-state index in [0.717, 1.165) is 50.5 Å². The minimum Gasteiger partial charge on any atom is -0.335 e. The van der Waals surface area contributed by atoms with E-state index in [9.17, 15) is 0 Å². The van der Waals surface area contributed by atoms with Crippen molar-refractivity contribution in [1.82, 2.24) is 20.5 Å². The van der Waals surface area contributed by atoms with Gasteiger partial charge in [-0.2, -0.15) is 4.98 Å². The number of nitrogens with one attached hydrogen (secondary N) is 2. The van der Waals surface area contributed by atoms with Crippen LogP contribution in [-0.4, -0.2) is 40.9 Å². The summed E-state index contributed by atoms with van der Waals surface area (Å²) in [7, 11) is 0. The molecule has 2 saturated heterocycles. The molecule has 21 heavy (non-hydrogen) atoms. The summed E-state index contributed by atoms with van der Waals surface area (Å²) < 4.78 is 2.13. The van der Waals surface area contributed by atoms with Crippen molar-refractivity contribution in [2.75, 3.05) is 24.5 Å². The Morgan fingerprint density at radius 1 is 1.33 bits per heavy atom. The molecule has 0 aromatic carbocycles. The highest BCUT2D eigenvalue weighted by atomic mass is 79.9. The molecule has 2 aliphatic rings. The van der Waals surface area contributed by atoms with Gasteiger partial charge in [0, 0.05) is 30.1 Å². The van der Waals surface area contributed by atoms with Crippen LogP contribution in [0.25, 0.3) is 10.7 Å². The van der Waals surface area contributed by atoms with E-state index in [4.69, 9.17) is 4.98 Å². The Bertz CT molecular complexity index is 635. The van der Waals surface area contributed by atoms with Gasteiger partial charge in [0.25, 0.3) is 0 Å². The van der Waals surface area contributed by atoms with Crippen LogP contribution in [0.1, 0.15) is 12.8 Å². The fraction of sp³-hybridized carbons (Fsp3) is 0.538. The second-order valence-electron chi connectivity index (χ2n) is 5.54. The van der Waals surface area contributed by atoms with Gasteiger partial charge in [-0.1, -0.05) is 0 Å². The van der Waals surface area contributed by atoms with E-state index in [0.29, 0.717) is 6.04 Å². The van der Waals surface area contributed by atoms with Crippen LogP contribution >= 0.6 is 43.2 Å². The summed E-state index contributed by atoms with van der Waals surface area (Å²) >= 11 is 8.69. The quantitative estimate of drug-likeness (QED) is 0.764. The lowest BCUT2D eigenvalue weighted by Gasteiger charge is -2.36. The Morgan fingerprint density at radius 2 is 2.24 bits per heavy atom. The normalized spacial score (nSPS) is 25.3. The van der Waals surface area contributed by atoms with Gasteiger partial charge in [-0.15, -0.1) is 16.4 Å². The van der Waals surface area contributed by atoms with E-state index in [1.807, 2.05) is 0 Å². The zero-order valence-corrected chi connectivity index (χ0v) is 15.3. The van der Waals surface area contributed by atoms with Gasteiger partial charge in [-0.25, -0.2) is 0 Å². The van der Waals surface area contributed by atoms with Gasteiger partial charge in [0.1, 0.15) is 0 Å². The van der Waals surface area contributed by atoms with Crippen LogP contribution in [0.5, 0.6) is 0 Å². The minimum absolute atomic E-state index is 0.546. The lowest BCUT2D eigenvalue weighted by molar-refractivity contribution is 0.381. The average molecular weight is 433 g/mol. The molecule has 0 saturated carbocycles. The molecule has 8 heteroatoms. The maximum absolute atomic E-state index is 4.72. The first-order valence-corrected chi connectivity index (χ1v) is 9.47. The first-order valence-electron chi connectivity index (χ1n) is 7.07. The Labute approximate surface area is 143 Å². The van der Waals surface area contributed by atoms with Gasteiger partial charge in [-0.3, -0.25) is 5.10 Å². The van der Waals surface area contributed by atoms with Crippen molar-refractivity contribution in [3.63, 3.8) is 0 Å².